The SMILES string of the molecule is O=Nc1cccc2c1c(C(F)F)cn2S(=O)(=O)c1ccccc1C(F)(F)F. The number of hydrogen-bond donors (Lipinski definition) is 0. The molecular weight excluding hydrogens is 395 g/mol. The number of nitrogens with zero attached hydrogens (tertiary/aromatic N) is 2. The Balaban J connectivity index is 2.39. The summed E-state index contributed by atoms with van der Waals surface area (Å²) in [5.41, 5.74) is -3.08. The number of fused-ring (bicyclic) bond motifs is 1. The number of hydrogen-bond acceptors (Lipinski definition) is 4. The highest BCUT2D eigenvalue weighted by atomic mass is 32.2. The minimum Gasteiger partial charge on any atom is -0.241 e. The molecule has 0 saturated heterocycles. The summed E-state index contributed by atoms with van der Waals surface area (Å²) in [6.45, 7) is 0. The molecule has 142 valence electrons. The van der Waals surface area contributed by atoms with Gasteiger partial charge in [-0.05, 0) is 29.4 Å². The fraction of sp³-hybridized carbons (Fsp3) is 0.125. The van der Waals surface area contributed by atoms with Crippen molar-refractivity contribution in [2.24, 2.45) is 5.18 Å². The highest BCUT2D eigenvalue weighted by molar-refractivity contribution is 7.90. The van der Waals surface area contributed by atoms with E-state index in [0.29, 0.717) is 16.2 Å². The normalized spacial score (nSPS) is 12.7. The lowest BCUT2D eigenvalue weighted by Gasteiger charge is -2.14. The zero-order chi connectivity index (χ0) is 20.0. The highest BCUT2D eigenvalue weighted by Crippen LogP contribution is 2.40. The van der Waals surface area contributed by atoms with Crippen LogP contribution < -0.4 is 0 Å². The Morgan fingerprint density at radius 3 is 2.26 bits per heavy atom. The summed E-state index contributed by atoms with van der Waals surface area (Å²) in [4.78, 5) is 9.81. The van der Waals surface area contributed by atoms with Crippen molar-refractivity contribution in [3.8, 4) is 0 Å². The van der Waals surface area contributed by atoms with Gasteiger partial charge in [-0.1, -0.05) is 18.2 Å². The lowest BCUT2D eigenvalue weighted by molar-refractivity contribution is -0.139. The molecule has 2 aromatic carbocycles. The average molecular weight is 404 g/mol. The second-order valence-electron chi connectivity index (χ2n) is 5.44. The third-order valence-electron chi connectivity index (χ3n) is 3.87. The average Bonchev–Trinajstić information content (AvgIpc) is 3.02. The summed E-state index contributed by atoms with van der Waals surface area (Å²) in [7, 11) is -4.90. The molecule has 0 amide bonds. The highest BCUT2D eigenvalue weighted by Gasteiger charge is 2.38. The molecule has 0 aliphatic rings. The largest absolute Gasteiger partial charge is 0.417 e. The molecule has 0 aliphatic carbocycles. The van der Waals surface area contributed by atoms with Crippen molar-refractivity contribution in [1.29, 1.82) is 0 Å². The van der Waals surface area contributed by atoms with Gasteiger partial charge in [0, 0.05) is 17.1 Å². The topological polar surface area (TPSA) is 68.5 Å². The van der Waals surface area contributed by atoms with E-state index in [-0.39, 0.29) is 5.52 Å². The maximum atomic E-state index is 13.4. The van der Waals surface area contributed by atoms with Gasteiger partial charge in [-0.25, -0.2) is 21.2 Å². The number of aromatic nitrogens is 1. The summed E-state index contributed by atoms with van der Waals surface area (Å²) < 4.78 is 92.4. The molecule has 5 nitrogen and oxygen atoms in total. The molecule has 0 unspecified atom stereocenters. The maximum Gasteiger partial charge on any atom is 0.417 e. The lowest BCUT2D eigenvalue weighted by Crippen LogP contribution is -2.18. The lowest BCUT2D eigenvalue weighted by atomic mass is 10.1. The molecule has 0 radical (unpaired) electrons. The van der Waals surface area contributed by atoms with Crippen LogP contribution in [0.15, 0.2) is 58.7 Å². The first kappa shape index (κ1) is 19.0. The summed E-state index contributed by atoms with van der Waals surface area (Å²) in [5, 5.41) is 2.16. The van der Waals surface area contributed by atoms with Gasteiger partial charge in [0.05, 0.1) is 11.1 Å². The number of alkyl halides is 5. The van der Waals surface area contributed by atoms with Gasteiger partial charge in [0.2, 0.25) is 0 Å². The fourth-order valence-corrected chi connectivity index (χ4v) is 4.33. The predicted octanol–water partition coefficient (Wildman–Crippen LogP) is 5.23. The van der Waals surface area contributed by atoms with Crippen molar-refractivity contribution < 1.29 is 30.4 Å². The number of nitroso groups, excluding NO2 is 1. The van der Waals surface area contributed by atoms with Crippen LogP contribution in [0.3, 0.4) is 0 Å². The van der Waals surface area contributed by atoms with Gasteiger partial charge in [-0.3, -0.25) is 0 Å². The second kappa shape index (κ2) is 6.41. The predicted molar refractivity (Wildman–Crippen MR) is 86.4 cm³/mol. The van der Waals surface area contributed by atoms with Gasteiger partial charge < -0.3 is 0 Å². The fourth-order valence-electron chi connectivity index (χ4n) is 2.74. The first-order chi connectivity index (χ1) is 12.6. The number of benzene rings is 2. The molecule has 1 heterocycles. The molecule has 1 aromatic heterocycles. The smallest absolute Gasteiger partial charge is 0.241 e. The zero-order valence-electron chi connectivity index (χ0n) is 13.1. The molecule has 11 heteroatoms. The van der Waals surface area contributed by atoms with Crippen molar-refractivity contribution >= 4 is 26.6 Å². The molecule has 0 N–H and O–H groups in total. The van der Waals surface area contributed by atoms with E-state index in [1.165, 1.54) is 6.07 Å². The molecule has 27 heavy (non-hydrogen) atoms. The van der Waals surface area contributed by atoms with Crippen molar-refractivity contribution in [1.82, 2.24) is 3.97 Å². The Hall–Kier alpha value is -2.82. The molecule has 0 spiro atoms. The van der Waals surface area contributed by atoms with Gasteiger partial charge in [0.25, 0.3) is 16.4 Å². The monoisotopic (exact) mass is 404 g/mol. The first-order valence-corrected chi connectivity index (χ1v) is 8.70. The van der Waals surface area contributed by atoms with E-state index in [0.717, 1.165) is 30.3 Å². The number of halogens is 5. The van der Waals surface area contributed by atoms with Crippen LogP contribution >= 0.6 is 0 Å². The molecular formula is C16H9F5N2O3S. The third-order valence-corrected chi connectivity index (χ3v) is 5.60. The van der Waals surface area contributed by atoms with Crippen molar-refractivity contribution in [2.75, 3.05) is 0 Å². The van der Waals surface area contributed by atoms with E-state index in [4.69, 9.17) is 0 Å². The Bertz CT molecular complexity index is 1140. The molecule has 0 atom stereocenters. The van der Waals surface area contributed by atoms with Crippen LogP contribution in [-0.2, 0) is 16.2 Å². The van der Waals surface area contributed by atoms with Crippen LogP contribution in [-0.4, -0.2) is 12.4 Å². The molecule has 0 aliphatic heterocycles. The number of rotatable bonds is 4. The summed E-state index contributed by atoms with van der Waals surface area (Å²) in [5.74, 6) is 0. The minimum atomic E-state index is -4.98. The van der Waals surface area contributed by atoms with Crippen LogP contribution in [0.1, 0.15) is 17.6 Å². The quantitative estimate of drug-likeness (QED) is 0.442. The van der Waals surface area contributed by atoms with Gasteiger partial charge in [-0.15, -0.1) is 4.91 Å². The van der Waals surface area contributed by atoms with Gasteiger partial charge in [-0.2, -0.15) is 13.2 Å². The molecule has 3 aromatic rings. The Kier molecular flexibility index (Phi) is 4.50. The van der Waals surface area contributed by atoms with E-state index in [1.807, 2.05) is 0 Å². The van der Waals surface area contributed by atoms with Gasteiger partial charge in [0.15, 0.2) is 0 Å². The third kappa shape index (κ3) is 3.07. The van der Waals surface area contributed by atoms with Crippen LogP contribution in [0.5, 0.6) is 0 Å². The second-order valence-corrected chi connectivity index (χ2v) is 7.23. The minimum absolute atomic E-state index is 0.309. The molecule has 0 saturated carbocycles. The van der Waals surface area contributed by atoms with E-state index in [9.17, 15) is 35.3 Å². The van der Waals surface area contributed by atoms with Crippen LogP contribution in [0.2, 0.25) is 0 Å². The standard InChI is InChI=1S/C16H9F5N2O3S/c17-15(18)9-8-23(12-6-3-5-11(22-24)14(9)12)27(25,26)13-7-2-1-4-10(13)16(19,20)21/h1-8,15H. The summed E-state index contributed by atoms with van der Waals surface area (Å²) in [6.07, 6.45) is -7.65. The molecule has 0 bridgehead atoms. The van der Waals surface area contributed by atoms with Crippen LogP contribution in [0, 0.1) is 4.91 Å². The van der Waals surface area contributed by atoms with Crippen molar-refractivity contribution in [3.05, 3.63) is 64.7 Å². The molecule has 0 fully saturated rings. The van der Waals surface area contributed by atoms with Crippen molar-refractivity contribution in [2.45, 2.75) is 17.5 Å². The Morgan fingerprint density at radius 1 is 1.00 bits per heavy atom. The Labute approximate surface area is 149 Å². The van der Waals surface area contributed by atoms with E-state index in [1.54, 1.807) is 0 Å². The van der Waals surface area contributed by atoms with E-state index >= 15 is 0 Å². The first-order valence-electron chi connectivity index (χ1n) is 7.26. The van der Waals surface area contributed by atoms with E-state index < -0.39 is 49.7 Å². The van der Waals surface area contributed by atoms with Gasteiger partial charge in [0.1, 0.15) is 10.6 Å². The van der Waals surface area contributed by atoms with Crippen molar-refractivity contribution in [3.63, 3.8) is 0 Å². The maximum absolute atomic E-state index is 13.4. The van der Waals surface area contributed by atoms with Gasteiger partial charge >= 0.3 is 6.18 Å². The van der Waals surface area contributed by atoms with E-state index in [2.05, 4.69) is 5.18 Å². The summed E-state index contributed by atoms with van der Waals surface area (Å²) in [6, 6.07) is 6.79. The zero-order valence-corrected chi connectivity index (χ0v) is 13.9. The molecule has 3 rings (SSSR count). The summed E-state index contributed by atoms with van der Waals surface area (Å²) >= 11 is 0. The van der Waals surface area contributed by atoms with Crippen LogP contribution in [0.4, 0.5) is 27.6 Å². The van der Waals surface area contributed by atoms with Crippen LogP contribution in [0.25, 0.3) is 10.9 Å². The Morgan fingerprint density at radius 2 is 1.67 bits per heavy atom.